The Morgan fingerprint density at radius 2 is 2.10 bits per heavy atom. The maximum atomic E-state index is 12.1. The smallest absolute Gasteiger partial charge is 0.266 e. The topological polar surface area (TPSA) is 65.2 Å². The van der Waals surface area contributed by atoms with Crippen molar-refractivity contribution in [1.82, 2.24) is 15.2 Å². The minimum atomic E-state index is -0.384. The molecule has 1 aliphatic rings. The number of H-pyrrole nitrogens is 1. The summed E-state index contributed by atoms with van der Waals surface area (Å²) in [6, 6.07) is 1.74. The first kappa shape index (κ1) is 16.0. The second-order valence-electron chi connectivity index (χ2n) is 5.83. The summed E-state index contributed by atoms with van der Waals surface area (Å²) in [5.74, 6) is 0.264. The van der Waals surface area contributed by atoms with Crippen molar-refractivity contribution < 1.29 is 4.79 Å². The lowest BCUT2D eigenvalue weighted by molar-refractivity contribution is 0.0927. The molecule has 2 heterocycles. The summed E-state index contributed by atoms with van der Waals surface area (Å²) >= 11 is 5.74. The van der Waals surface area contributed by atoms with Gasteiger partial charge in [0, 0.05) is 18.8 Å². The number of pyridine rings is 1. The van der Waals surface area contributed by atoms with Crippen LogP contribution in [0.25, 0.3) is 0 Å². The van der Waals surface area contributed by atoms with Gasteiger partial charge in [-0.3, -0.25) is 14.5 Å². The molecule has 6 heteroatoms. The first-order valence-corrected chi connectivity index (χ1v) is 7.77. The summed E-state index contributed by atoms with van der Waals surface area (Å²) in [4.78, 5) is 28.2. The fourth-order valence-electron chi connectivity index (χ4n) is 2.75. The van der Waals surface area contributed by atoms with Gasteiger partial charge >= 0.3 is 0 Å². The van der Waals surface area contributed by atoms with Crippen molar-refractivity contribution in [1.29, 1.82) is 0 Å². The number of aromatic nitrogens is 1. The lowest BCUT2D eigenvalue weighted by atomic mass is 10.0. The van der Waals surface area contributed by atoms with Gasteiger partial charge in [0.1, 0.15) is 5.02 Å². The van der Waals surface area contributed by atoms with Crippen molar-refractivity contribution in [2.45, 2.75) is 32.7 Å². The van der Waals surface area contributed by atoms with Gasteiger partial charge in [-0.25, -0.2) is 0 Å². The van der Waals surface area contributed by atoms with Crippen molar-refractivity contribution in [3.63, 3.8) is 0 Å². The minimum Gasteiger partial charge on any atom is -0.350 e. The Morgan fingerprint density at radius 1 is 1.43 bits per heavy atom. The number of rotatable bonds is 5. The third kappa shape index (κ3) is 4.08. The summed E-state index contributed by atoms with van der Waals surface area (Å²) in [5, 5.41) is 2.97. The predicted octanol–water partition coefficient (Wildman–Crippen LogP) is 1.88. The molecule has 21 heavy (non-hydrogen) atoms. The van der Waals surface area contributed by atoms with Crippen LogP contribution in [-0.4, -0.2) is 41.5 Å². The minimum absolute atomic E-state index is 0.0302. The summed E-state index contributed by atoms with van der Waals surface area (Å²) in [6.07, 6.45) is 3.85. The third-order valence-electron chi connectivity index (χ3n) is 3.97. The van der Waals surface area contributed by atoms with E-state index in [1.165, 1.54) is 25.1 Å². The molecule has 0 aliphatic carbocycles. The quantitative estimate of drug-likeness (QED) is 0.872. The van der Waals surface area contributed by atoms with E-state index < -0.39 is 0 Å². The van der Waals surface area contributed by atoms with Gasteiger partial charge in [-0.1, -0.05) is 25.4 Å². The number of nitrogens with one attached hydrogen (secondary N) is 2. The number of amides is 1. The second kappa shape index (κ2) is 7.09. The predicted molar refractivity (Wildman–Crippen MR) is 83.8 cm³/mol. The molecule has 0 unspecified atom stereocenters. The summed E-state index contributed by atoms with van der Waals surface area (Å²) in [5.41, 5.74) is -0.00568. The number of likely N-dealkylation sites (tertiary alicyclic amines) is 1. The van der Waals surface area contributed by atoms with Gasteiger partial charge in [-0.2, -0.15) is 0 Å². The van der Waals surface area contributed by atoms with Crippen molar-refractivity contribution in [2.75, 3.05) is 19.6 Å². The highest BCUT2D eigenvalue weighted by atomic mass is 35.5. The van der Waals surface area contributed by atoms with E-state index >= 15 is 0 Å². The van der Waals surface area contributed by atoms with Gasteiger partial charge in [0.05, 0.1) is 5.56 Å². The van der Waals surface area contributed by atoms with E-state index in [0.29, 0.717) is 24.1 Å². The van der Waals surface area contributed by atoms with Crippen LogP contribution < -0.4 is 10.9 Å². The molecule has 1 atom stereocenters. The third-order valence-corrected chi connectivity index (χ3v) is 4.25. The van der Waals surface area contributed by atoms with Gasteiger partial charge in [-0.05, 0) is 37.9 Å². The van der Waals surface area contributed by atoms with Crippen LogP contribution in [0.1, 0.15) is 37.0 Å². The Morgan fingerprint density at radius 3 is 2.67 bits per heavy atom. The average Bonchev–Trinajstić information content (AvgIpc) is 2.95. The molecule has 0 bridgehead atoms. The molecular formula is C15H22ClN3O2. The highest BCUT2D eigenvalue weighted by Gasteiger charge is 2.25. The van der Waals surface area contributed by atoms with Crippen LogP contribution in [0.15, 0.2) is 17.1 Å². The van der Waals surface area contributed by atoms with Crippen molar-refractivity contribution in [3.05, 3.63) is 33.2 Å². The van der Waals surface area contributed by atoms with Crippen molar-refractivity contribution in [2.24, 2.45) is 5.92 Å². The average molecular weight is 312 g/mol. The number of aromatic amines is 1. The molecule has 0 aromatic carbocycles. The summed E-state index contributed by atoms with van der Waals surface area (Å²) < 4.78 is 0. The number of nitrogens with zero attached hydrogens (tertiary/aromatic N) is 1. The molecule has 0 radical (unpaired) electrons. The molecule has 0 spiro atoms. The SMILES string of the molecule is CC(C)[C@@H](CNC(=O)c1c[nH]c(=O)c(Cl)c1)N1CCCC1. The highest BCUT2D eigenvalue weighted by Crippen LogP contribution is 2.17. The van der Waals surface area contributed by atoms with E-state index in [0.717, 1.165) is 13.1 Å². The molecule has 5 nitrogen and oxygen atoms in total. The zero-order valence-corrected chi connectivity index (χ0v) is 13.2. The van der Waals surface area contributed by atoms with Gasteiger partial charge in [0.25, 0.3) is 11.5 Å². The van der Waals surface area contributed by atoms with Gasteiger partial charge in [0.2, 0.25) is 0 Å². The Bertz CT molecular complexity index is 550. The van der Waals surface area contributed by atoms with E-state index in [2.05, 4.69) is 29.0 Å². The van der Waals surface area contributed by atoms with Crippen LogP contribution >= 0.6 is 11.6 Å². The first-order valence-electron chi connectivity index (χ1n) is 7.39. The summed E-state index contributed by atoms with van der Waals surface area (Å²) in [7, 11) is 0. The maximum absolute atomic E-state index is 12.1. The van der Waals surface area contributed by atoms with E-state index in [1.807, 2.05) is 0 Å². The van der Waals surface area contributed by atoms with Crippen LogP contribution in [0.5, 0.6) is 0 Å². The molecule has 1 amide bonds. The van der Waals surface area contributed by atoms with Crippen LogP contribution in [0.2, 0.25) is 5.02 Å². The van der Waals surface area contributed by atoms with Gasteiger partial charge < -0.3 is 10.3 Å². The van der Waals surface area contributed by atoms with E-state index in [9.17, 15) is 9.59 Å². The number of carbonyl (C=O) groups excluding carboxylic acids is 1. The number of carbonyl (C=O) groups is 1. The van der Waals surface area contributed by atoms with Crippen LogP contribution in [-0.2, 0) is 0 Å². The van der Waals surface area contributed by atoms with Gasteiger partial charge in [-0.15, -0.1) is 0 Å². The largest absolute Gasteiger partial charge is 0.350 e. The number of halogens is 1. The van der Waals surface area contributed by atoms with E-state index in [-0.39, 0.29) is 16.5 Å². The summed E-state index contributed by atoms with van der Waals surface area (Å²) in [6.45, 7) is 7.15. The number of hydrogen-bond donors (Lipinski definition) is 2. The molecule has 1 saturated heterocycles. The standard InChI is InChI=1S/C15H22ClN3O2/c1-10(2)13(19-5-3-4-6-19)9-18-14(20)11-7-12(16)15(21)17-8-11/h7-8,10,13H,3-6,9H2,1-2H3,(H,17,21)(H,18,20)/t13-/m1/s1. The number of hydrogen-bond acceptors (Lipinski definition) is 3. The molecule has 1 aromatic heterocycles. The molecular weight excluding hydrogens is 290 g/mol. The Hall–Kier alpha value is -1.33. The van der Waals surface area contributed by atoms with Crippen molar-refractivity contribution >= 4 is 17.5 Å². The van der Waals surface area contributed by atoms with E-state index in [4.69, 9.17) is 11.6 Å². The Balaban J connectivity index is 1.97. The highest BCUT2D eigenvalue weighted by molar-refractivity contribution is 6.30. The molecule has 1 aliphatic heterocycles. The van der Waals surface area contributed by atoms with Gasteiger partial charge in [0.15, 0.2) is 0 Å². The van der Waals surface area contributed by atoms with Crippen molar-refractivity contribution in [3.8, 4) is 0 Å². The normalized spacial score (nSPS) is 17.1. The molecule has 116 valence electrons. The fraction of sp³-hybridized carbons (Fsp3) is 0.600. The van der Waals surface area contributed by atoms with Crippen LogP contribution in [0, 0.1) is 5.92 Å². The maximum Gasteiger partial charge on any atom is 0.266 e. The molecule has 1 aromatic rings. The van der Waals surface area contributed by atoms with E-state index in [1.54, 1.807) is 0 Å². The molecule has 1 fully saturated rings. The fourth-order valence-corrected chi connectivity index (χ4v) is 2.92. The Kier molecular flexibility index (Phi) is 5.42. The molecule has 2 rings (SSSR count). The second-order valence-corrected chi connectivity index (χ2v) is 6.24. The lowest BCUT2D eigenvalue weighted by Crippen LogP contribution is -2.45. The first-order chi connectivity index (χ1) is 9.99. The Labute approximate surface area is 129 Å². The molecule has 2 N–H and O–H groups in total. The van der Waals surface area contributed by atoms with Crippen LogP contribution in [0.4, 0.5) is 0 Å². The zero-order valence-electron chi connectivity index (χ0n) is 12.5. The monoisotopic (exact) mass is 311 g/mol. The van der Waals surface area contributed by atoms with Crippen LogP contribution in [0.3, 0.4) is 0 Å². The zero-order chi connectivity index (χ0) is 15.4. The lowest BCUT2D eigenvalue weighted by Gasteiger charge is -2.31. The molecule has 0 saturated carbocycles.